The van der Waals surface area contributed by atoms with E-state index in [0.29, 0.717) is 36.7 Å². The molecule has 34 heavy (non-hydrogen) atoms. The lowest BCUT2D eigenvalue weighted by molar-refractivity contribution is 0.0926. The molecule has 0 aliphatic carbocycles. The standard InChI is InChI=1S/C26H31ClN4O3/c1-4-34-26(33)31-15-12-20-21-16-19(27)10-11-22(21)29-23(20)24(31)17-6-8-18(9-7-17)25(32)28-13-5-14-30(2)3/h6-11,16,24,29H,4-5,12-15H2,1-3H3,(H,28,32). The molecule has 0 saturated carbocycles. The maximum Gasteiger partial charge on any atom is 0.410 e. The molecule has 1 aliphatic heterocycles. The van der Waals surface area contributed by atoms with Crippen molar-refractivity contribution < 1.29 is 14.3 Å². The zero-order valence-corrected chi connectivity index (χ0v) is 20.6. The molecule has 1 atom stereocenters. The summed E-state index contributed by atoms with van der Waals surface area (Å²) in [6, 6.07) is 12.9. The van der Waals surface area contributed by atoms with E-state index in [0.717, 1.165) is 40.7 Å². The van der Waals surface area contributed by atoms with Gasteiger partial charge in [0, 0.05) is 40.3 Å². The van der Waals surface area contributed by atoms with Crippen LogP contribution >= 0.6 is 11.6 Å². The Morgan fingerprint density at radius 2 is 1.97 bits per heavy atom. The largest absolute Gasteiger partial charge is 0.450 e. The highest BCUT2D eigenvalue weighted by Crippen LogP contribution is 2.39. The first-order chi connectivity index (χ1) is 16.4. The monoisotopic (exact) mass is 482 g/mol. The van der Waals surface area contributed by atoms with Crippen LogP contribution in [-0.2, 0) is 11.2 Å². The van der Waals surface area contributed by atoms with Crippen molar-refractivity contribution >= 4 is 34.5 Å². The molecule has 0 radical (unpaired) electrons. The Morgan fingerprint density at radius 1 is 1.21 bits per heavy atom. The van der Waals surface area contributed by atoms with Gasteiger partial charge in [0.2, 0.25) is 0 Å². The van der Waals surface area contributed by atoms with Crippen LogP contribution < -0.4 is 5.32 Å². The van der Waals surface area contributed by atoms with E-state index in [1.807, 2.05) is 56.6 Å². The fraction of sp³-hybridized carbons (Fsp3) is 0.385. The highest BCUT2D eigenvalue weighted by Gasteiger charge is 2.35. The lowest BCUT2D eigenvalue weighted by Gasteiger charge is -2.35. The van der Waals surface area contributed by atoms with E-state index in [-0.39, 0.29) is 18.0 Å². The fourth-order valence-corrected chi connectivity index (χ4v) is 4.70. The molecule has 1 unspecified atom stereocenters. The predicted octanol–water partition coefficient (Wildman–Crippen LogP) is 4.61. The summed E-state index contributed by atoms with van der Waals surface area (Å²) >= 11 is 6.26. The Balaban J connectivity index is 1.63. The molecule has 7 nitrogen and oxygen atoms in total. The number of amides is 2. The van der Waals surface area contributed by atoms with Crippen LogP contribution in [0.2, 0.25) is 5.02 Å². The van der Waals surface area contributed by atoms with E-state index in [1.165, 1.54) is 0 Å². The molecule has 0 fully saturated rings. The van der Waals surface area contributed by atoms with Crippen LogP contribution in [-0.4, -0.2) is 67.1 Å². The molecule has 180 valence electrons. The van der Waals surface area contributed by atoms with Crippen molar-refractivity contribution in [2.45, 2.75) is 25.8 Å². The van der Waals surface area contributed by atoms with Gasteiger partial charge in [-0.2, -0.15) is 0 Å². The minimum Gasteiger partial charge on any atom is -0.450 e. The van der Waals surface area contributed by atoms with Crippen molar-refractivity contribution in [3.63, 3.8) is 0 Å². The lowest BCUT2D eigenvalue weighted by Crippen LogP contribution is -2.41. The van der Waals surface area contributed by atoms with E-state index in [1.54, 1.807) is 11.8 Å². The third kappa shape index (κ3) is 5.05. The van der Waals surface area contributed by atoms with Crippen molar-refractivity contribution in [1.82, 2.24) is 20.1 Å². The molecule has 1 aliphatic rings. The number of halogens is 1. The van der Waals surface area contributed by atoms with Gasteiger partial charge in [-0.05, 0) is 81.9 Å². The first-order valence-electron chi connectivity index (χ1n) is 11.6. The number of carbonyl (C=O) groups excluding carboxylic acids is 2. The Kier molecular flexibility index (Phi) is 7.44. The van der Waals surface area contributed by atoms with Gasteiger partial charge in [-0.3, -0.25) is 9.69 Å². The molecule has 2 N–H and O–H groups in total. The number of ether oxygens (including phenoxy) is 1. The van der Waals surface area contributed by atoms with Crippen LogP contribution in [0, 0.1) is 0 Å². The maximum atomic E-state index is 12.8. The average Bonchev–Trinajstić information content (AvgIpc) is 3.19. The van der Waals surface area contributed by atoms with Crippen LogP contribution in [0.25, 0.3) is 10.9 Å². The number of aromatic nitrogens is 1. The summed E-state index contributed by atoms with van der Waals surface area (Å²) in [4.78, 5) is 32.7. The van der Waals surface area contributed by atoms with Crippen LogP contribution in [0.1, 0.15) is 46.6 Å². The van der Waals surface area contributed by atoms with Gasteiger partial charge >= 0.3 is 6.09 Å². The van der Waals surface area contributed by atoms with Crippen molar-refractivity contribution in [3.8, 4) is 0 Å². The average molecular weight is 483 g/mol. The Bertz CT molecular complexity index is 1170. The minimum atomic E-state index is -0.349. The van der Waals surface area contributed by atoms with Gasteiger partial charge < -0.3 is 19.9 Å². The number of nitrogens with one attached hydrogen (secondary N) is 2. The second-order valence-corrected chi connectivity index (χ2v) is 9.22. The smallest absolute Gasteiger partial charge is 0.410 e. The molecular formula is C26H31ClN4O3. The van der Waals surface area contributed by atoms with E-state index >= 15 is 0 Å². The van der Waals surface area contributed by atoms with E-state index in [4.69, 9.17) is 16.3 Å². The van der Waals surface area contributed by atoms with Crippen LogP contribution in [0.3, 0.4) is 0 Å². The predicted molar refractivity (Wildman–Crippen MR) is 135 cm³/mol. The van der Waals surface area contributed by atoms with E-state index in [2.05, 4.69) is 15.2 Å². The number of carbonyl (C=O) groups is 2. The topological polar surface area (TPSA) is 77.7 Å². The highest BCUT2D eigenvalue weighted by molar-refractivity contribution is 6.31. The molecule has 2 aromatic carbocycles. The van der Waals surface area contributed by atoms with E-state index in [9.17, 15) is 9.59 Å². The summed E-state index contributed by atoms with van der Waals surface area (Å²) < 4.78 is 5.36. The number of fused-ring (bicyclic) bond motifs is 3. The van der Waals surface area contributed by atoms with E-state index < -0.39 is 0 Å². The van der Waals surface area contributed by atoms with Crippen LogP contribution in [0.15, 0.2) is 42.5 Å². The number of H-pyrrole nitrogens is 1. The summed E-state index contributed by atoms with van der Waals surface area (Å²) in [6.45, 7) is 4.19. The van der Waals surface area contributed by atoms with Gasteiger partial charge in [-0.15, -0.1) is 0 Å². The quantitative estimate of drug-likeness (QED) is 0.482. The van der Waals surface area contributed by atoms with Gasteiger partial charge in [-0.1, -0.05) is 23.7 Å². The van der Waals surface area contributed by atoms with Gasteiger partial charge in [0.25, 0.3) is 5.91 Å². The molecule has 2 heterocycles. The second kappa shape index (κ2) is 10.5. The summed E-state index contributed by atoms with van der Waals surface area (Å²) in [6.07, 6.45) is 1.25. The Hall–Kier alpha value is -3.03. The molecule has 4 rings (SSSR count). The number of rotatable bonds is 7. The summed E-state index contributed by atoms with van der Waals surface area (Å²) in [5, 5.41) is 4.72. The number of benzene rings is 2. The fourth-order valence-electron chi connectivity index (χ4n) is 4.53. The Labute approximate surface area is 205 Å². The first kappa shape index (κ1) is 24.1. The van der Waals surface area contributed by atoms with Crippen molar-refractivity contribution in [2.75, 3.05) is 40.3 Å². The van der Waals surface area contributed by atoms with Gasteiger partial charge in [-0.25, -0.2) is 4.79 Å². The molecule has 3 aromatic rings. The Morgan fingerprint density at radius 3 is 2.68 bits per heavy atom. The zero-order chi connectivity index (χ0) is 24.2. The molecule has 8 heteroatoms. The van der Waals surface area contributed by atoms with Gasteiger partial charge in [0.05, 0.1) is 6.61 Å². The second-order valence-electron chi connectivity index (χ2n) is 8.79. The van der Waals surface area contributed by atoms with Gasteiger partial charge in [0.15, 0.2) is 0 Å². The van der Waals surface area contributed by atoms with Gasteiger partial charge in [0.1, 0.15) is 6.04 Å². The molecule has 2 amide bonds. The molecule has 0 bridgehead atoms. The third-order valence-corrected chi connectivity index (χ3v) is 6.38. The van der Waals surface area contributed by atoms with Crippen molar-refractivity contribution in [1.29, 1.82) is 0 Å². The third-order valence-electron chi connectivity index (χ3n) is 6.15. The van der Waals surface area contributed by atoms with Crippen molar-refractivity contribution in [2.24, 2.45) is 0 Å². The van der Waals surface area contributed by atoms with Crippen LogP contribution in [0.5, 0.6) is 0 Å². The summed E-state index contributed by atoms with van der Waals surface area (Å²) in [7, 11) is 4.02. The normalized spacial score (nSPS) is 15.4. The highest BCUT2D eigenvalue weighted by atomic mass is 35.5. The minimum absolute atomic E-state index is 0.0999. The number of nitrogens with zero attached hydrogens (tertiary/aromatic N) is 2. The van der Waals surface area contributed by atoms with Crippen LogP contribution in [0.4, 0.5) is 4.79 Å². The SMILES string of the molecule is CCOC(=O)N1CCc2c([nH]c3ccc(Cl)cc23)C1c1ccc(C(=O)NCCCN(C)C)cc1. The molecule has 0 spiro atoms. The maximum absolute atomic E-state index is 12.8. The lowest BCUT2D eigenvalue weighted by atomic mass is 9.92. The number of aromatic amines is 1. The summed E-state index contributed by atoms with van der Waals surface area (Å²) in [5.74, 6) is -0.0999. The number of hydrogen-bond acceptors (Lipinski definition) is 4. The molecular weight excluding hydrogens is 452 g/mol. The summed E-state index contributed by atoms with van der Waals surface area (Å²) in [5.41, 5.74) is 4.61. The number of hydrogen-bond donors (Lipinski definition) is 2. The molecule has 0 saturated heterocycles. The van der Waals surface area contributed by atoms with Crippen molar-refractivity contribution in [3.05, 3.63) is 69.9 Å². The zero-order valence-electron chi connectivity index (χ0n) is 19.9. The first-order valence-corrected chi connectivity index (χ1v) is 12.0. The molecule has 1 aromatic heterocycles.